The van der Waals surface area contributed by atoms with Crippen molar-refractivity contribution in [3.63, 3.8) is 0 Å². The van der Waals surface area contributed by atoms with Crippen LogP contribution in [0.15, 0.2) is 35.3 Å². The Hall–Kier alpha value is -2.63. The minimum Gasteiger partial charge on any atom is -0.305 e. The number of hydrogen-bond acceptors (Lipinski definition) is 4. The van der Waals surface area contributed by atoms with Gasteiger partial charge < -0.3 is 4.98 Å². The molecule has 0 amide bonds. The molecule has 0 radical (unpaired) electrons. The van der Waals surface area contributed by atoms with Crippen LogP contribution in [0.4, 0.5) is 4.39 Å². The monoisotopic (exact) mass is 256 g/mol. The fraction of sp³-hybridized carbons (Fsp3) is 0.0769. The molecule has 0 saturated heterocycles. The standard InChI is InChI=1S/C13H9FN4O/c1-7-15-5-4-10(16-7)12-17-11-6-8(14)2-3-9(11)13(19)18-12/h2-6H,1H3,(H,17,18,19). The van der Waals surface area contributed by atoms with Crippen molar-refractivity contribution in [2.75, 3.05) is 0 Å². The van der Waals surface area contributed by atoms with Crippen LogP contribution in [0.3, 0.4) is 0 Å². The van der Waals surface area contributed by atoms with E-state index < -0.39 is 5.82 Å². The summed E-state index contributed by atoms with van der Waals surface area (Å²) in [6.45, 7) is 1.74. The molecule has 1 N–H and O–H groups in total. The van der Waals surface area contributed by atoms with Crippen LogP contribution in [0.1, 0.15) is 5.82 Å². The van der Waals surface area contributed by atoms with Crippen molar-refractivity contribution in [3.05, 3.63) is 52.5 Å². The molecule has 0 fully saturated rings. The average molecular weight is 256 g/mol. The molecule has 0 unspecified atom stereocenters. The van der Waals surface area contributed by atoms with Crippen LogP contribution in [0, 0.1) is 12.7 Å². The molecule has 0 saturated carbocycles. The summed E-state index contributed by atoms with van der Waals surface area (Å²) in [6, 6.07) is 5.50. The molecule has 0 aliphatic heterocycles. The molecular weight excluding hydrogens is 247 g/mol. The molecule has 19 heavy (non-hydrogen) atoms. The van der Waals surface area contributed by atoms with Gasteiger partial charge in [-0.15, -0.1) is 0 Å². The van der Waals surface area contributed by atoms with Crippen molar-refractivity contribution in [3.8, 4) is 11.5 Å². The van der Waals surface area contributed by atoms with Crippen LogP contribution >= 0.6 is 0 Å². The van der Waals surface area contributed by atoms with Crippen molar-refractivity contribution in [1.29, 1.82) is 0 Å². The molecule has 6 heteroatoms. The first-order valence-corrected chi connectivity index (χ1v) is 5.63. The second kappa shape index (κ2) is 4.24. The van der Waals surface area contributed by atoms with Gasteiger partial charge in [0.25, 0.3) is 5.56 Å². The first-order valence-electron chi connectivity index (χ1n) is 5.63. The summed E-state index contributed by atoms with van der Waals surface area (Å²) in [6.07, 6.45) is 1.58. The Balaban J connectivity index is 2.28. The van der Waals surface area contributed by atoms with E-state index in [1.807, 2.05) is 0 Å². The number of aromatic amines is 1. The summed E-state index contributed by atoms with van der Waals surface area (Å²) in [4.78, 5) is 26.9. The number of aromatic nitrogens is 4. The lowest BCUT2D eigenvalue weighted by Crippen LogP contribution is -2.10. The Kier molecular flexibility index (Phi) is 2.56. The van der Waals surface area contributed by atoms with Gasteiger partial charge in [0.15, 0.2) is 5.82 Å². The second-order valence-electron chi connectivity index (χ2n) is 4.07. The van der Waals surface area contributed by atoms with Crippen LogP contribution < -0.4 is 5.56 Å². The van der Waals surface area contributed by atoms with Crippen LogP contribution in [-0.2, 0) is 0 Å². The van der Waals surface area contributed by atoms with Crippen LogP contribution in [-0.4, -0.2) is 19.9 Å². The van der Waals surface area contributed by atoms with Gasteiger partial charge in [-0.2, -0.15) is 0 Å². The smallest absolute Gasteiger partial charge is 0.259 e. The third-order valence-electron chi connectivity index (χ3n) is 2.69. The summed E-state index contributed by atoms with van der Waals surface area (Å²) >= 11 is 0. The predicted octanol–water partition coefficient (Wildman–Crippen LogP) is 1.83. The SMILES string of the molecule is Cc1nccc(-c2nc3cc(F)ccc3c(=O)[nH]2)n1. The zero-order valence-corrected chi connectivity index (χ0v) is 10.0. The largest absolute Gasteiger partial charge is 0.305 e. The third-order valence-corrected chi connectivity index (χ3v) is 2.69. The molecule has 3 rings (SSSR count). The van der Waals surface area contributed by atoms with Gasteiger partial charge in [-0.05, 0) is 25.1 Å². The molecule has 5 nitrogen and oxygen atoms in total. The van der Waals surface area contributed by atoms with Gasteiger partial charge in [0.2, 0.25) is 0 Å². The first-order chi connectivity index (χ1) is 9.13. The molecular formula is C13H9FN4O. The highest BCUT2D eigenvalue weighted by atomic mass is 19.1. The minimum atomic E-state index is -0.435. The highest BCUT2D eigenvalue weighted by Crippen LogP contribution is 2.14. The maximum absolute atomic E-state index is 13.2. The predicted molar refractivity (Wildman–Crippen MR) is 68.1 cm³/mol. The summed E-state index contributed by atoms with van der Waals surface area (Å²) in [5.74, 6) is 0.434. The minimum absolute atomic E-state index is 0.300. The van der Waals surface area contributed by atoms with Crippen LogP contribution in [0.2, 0.25) is 0 Å². The van der Waals surface area contributed by atoms with E-state index in [9.17, 15) is 9.18 Å². The Morgan fingerprint density at radius 1 is 1.21 bits per heavy atom. The third kappa shape index (κ3) is 2.08. The molecule has 2 heterocycles. The van der Waals surface area contributed by atoms with E-state index in [-0.39, 0.29) is 5.56 Å². The fourth-order valence-electron chi connectivity index (χ4n) is 1.82. The van der Waals surface area contributed by atoms with Gasteiger partial charge in [0, 0.05) is 12.3 Å². The number of benzene rings is 1. The molecule has 0 bridgehead atoms. The van der Waals surface area contributed by atoms with E-state index in [1.54, 1.807) is 19.2 Å². The molecule has 0 aliphatic carbocycles. The van der Waals surface area contributed by atoms with E-state index in [0.717, 1.165) is 0 Å². The first kappa shape index (κ1) is 11.5. The number of aryl methyl sites for hydroxylation is 1. The number of halogens is 1. The maximum Gasteiger partial charge on any atom is 0.259 e. The van der Waals surface area contributed by atoms with Crippen molar-refractivity contribution in [2.45, 2.75) is 6.92 Å². The van der Waals surface area contributed by atoms with Crippen molar-refractivity contribution >= 4 is 10.9 Å². The molecule has 94 valence electrons. The summed E-state index contributed by atoms with van der Waals surface area (Å²) in [5, 5.41) is 0.343. The van der Waals surface area contributed by atoms with Gasteiger partial charge in [-0.25, -0.2) is 19.3 Å². The Labute approximate surface area is 107 Å². The van der Waals surface area contributed by atoms with E-state index >= 15 is 0 Å². The van der Waals surface area contributed by atoms with Crippen LogP contribution in [0.5, 0.6) is 0 Å². The molecule has 2 aromatic heterocycles. The number of fused-ring (bicyclic) bond motifs is 1. The normalized spacial score (nSPS) is 10.8. The number of hydrogen-bond donors (Lipinski definition) is 1. The maximum atomic E-state index is 13.2. The quantitative estimate of drug-likeness (QED) is 0.721. The summed E-state index contributed by atoms with van der Waals surface area (Å²) < 4.78 is 13.2. The lowest BCUT2D eigenvalue weighted by Gasteiger charge is -2.03. The molecule has 0 aliphatic rings. The Morgan fingerprint density at radius 2 is 2.05 bits per heavy atom. The molecule has 1 aromatic carbocycles. The van der Waals surface area contributed by atoms with Gasteiger partial charge in [0.05, 0.1) is 10.9 Å². The number of nitrogens with one attached hydrogen (secondary N) is 1. The van der Waals surface area contributed by atoms with E-state index in [1.165, 1.54) is 18.2 Å². The molecule has 3 aromatic rings. The lowest BCUT2D eigenvalue weighted by atomic mass is 10.2. The summed E-state index contributed by atoms with van der Waals surface area (Å²) in [5.41, 5.74) is 0.474. The molecule has 0 spiro atoms. The highest BCUT2D eigenvalue weighted by molar-refractivity contribution is 5.79. The Bertz CT molecular complexity index is 828. The average Bonchev–Trinajstić information content (AvgIpc) is 2.38. The van der Waals surface area contributed by atoms with Crippen molar-refractivity contribution in [1.82, 2.24) is 19.9 Å². The number of rotatable bonds is 1. The number of H-pyrrole nitrogens is 1. The fourth-order valence-corrected chi connectivity index (χ4v) is 1.82. The second-order valence-corrected chi connectivity index (χ2v) is 4.07. The number of nitrogens with zero attached hydrogens (tertiary/aromatic N) is 3. The van der Waals surface area contributed by atoms with E-state index in [2.05, 4.69) is 19.9 Å². The topological polar surface area (TPSA) is 71.5 Å². The summed E-state index contributed by atoms with van der Waals surface area (Å²) in [7, 11) is 0. The van der Waals surface area contributed by atoms with Crippen molar-refractivity contribution < 1.29 is 4.39 Å². The van der Waals surface area contributed by atoms with E-state index in [4.69, 9.17) is 0 Å². The zero-order valence-electron chi connectivity index (χ0n) is 10.0. The lowest BCUT2D eigenvalue weighted by molar-refractivity contribution is 0.629. The Morgan fingerprint density at radius 3 is 2.84 bits per heavy atom. The van der Waals surface area contributed by atoms with Gasteiger partial charge in [-0.1, -0.05) is 0 Å². The van der Waals surface area contributed by atoms with Gasteiger partial charge in [-0.3, -0.25) is 4.79 Å². The molecule has 0 atom stereocenters. The van der Waals surface area contributed by atoms with Gasteiger partial charge >= 0.3 is 0 Å². The van der Waals surface area contributed by atoms with Gasteiger partial charge in [0.1, 0.15) is 17.3 Å². The van der Waals surface area contributed by atoms with Crippen molar-refractivity contribution in [2.24, 2.45) is 0 Å². The zero-order chi connectivity index (χ0) is 13.4. The highest BCUT2D eigenvalue weighted by Gasteiger charge is 2.08. The van der Waals surface area contributed by atoms with E-state index in [0.29, 0.717) is 28.2 Å². The van der Waals surface area contributed by atoms with Crippen LogP contribution in [0.25, 0.3) is 22.4 Å².